The Morgan fingerprint density at radius 3 is 3.00 bits per heavy atom. The average molecular weight is 211 g/mol. The van der Waals surface area contributed by atoms with E-state index in [1.807, 2.05) is 6.07 Å². The van der Waals surface area contributed by atoms with Crippen molar-refractivity contribution >= 4 is 10.9 Å². The topological polar surface area (TPSA) is 63.8 Å². The van der Waals surface area contributed by atoms with Gasteiger partial charge in [-0.2, -0.15) is 10.1 Å². The first-order valence-corrected chi connectivity index (χ1v) is 4.72. The quantitative estimate of drug-likeness (QED) is 0.659. The number of hydrogen-bond donors (Lipinski definition) is 1. The van der Waals surface area contributed by atoms with Crippen LogP contribution in [-0.4, -0.2) is 24.9 Å². The smallest absolute Gasteiger partial charge is 0.254 e. The molecule has 0 spiro atoms. The minimum absolute atomic E-state index is 0.0869. The predicted octanol–water partition coefficient (Wildman–Crippen LogP) is 1.32. The molecule has 5 heteroatoms. The van der Waals surface area contributed by atoms with E-state index in [-0.39, 0.29) is 5.88 Å². The van der Waals surface area contributed by atoms with E-state index in [2.05, 4.69) is 21.1 Å². The van der Waals surface area contributed by atoms with E-state index in [0.29, 0.717) is 16.9 Å². The molecule has 1 N–H and O–H groups in total. The normalized spacial score (nSPS) is 10.8. The standard InChI is InChI=1S/C11H7N4O/c16-10-8-4-1-2-5-9(8)13-11(14-10)15-7-3-6-12-15/h1-3,5-7H,(H,13,14,16). The number of rotatable bonds is 1. The molecule has 2 heterocycles. The van der Waals surface area contributed by atoms with Gasteiger partial charge in [-0.05, 0) is 18.2 Å². The van der Waals surface area contributed by atoms with Crippen molar-refractivity contribution in [1.82, 2.24) is 19.7 Å². The zero-order valence-electron chi connectivity index (χ0n) is 8.20. The van der Waals surface area contributed by atoms with Crippen LogP contribution in [0.3, 0.4) is 0 Å². The van der Waals surface area contributed by atoms with E-state index < -0.39 is 0 Å². The molecule has 0 saturated carbocycles. The molecule has 1 radical (unpaired) electrons. The SMILES string of the molecule is Oc1nc(-n2cccn2)nc2ccc[c]c12. The van der Waals surface area contributed by atoms with Crippen molar-refractivity contribution in [1.29, 1.82) is 0 Å². The molecule has 77 valence electrons. The van der Waals surface area contributed by atoms with Crippen LogP contribution in [0.1, 0.15) is 0 Å². The van der Waals surface area contributed by atoms with Crippen molar-refractivity contribution in [3.05, 3.63) is 42.7 Å². The van der Waals surface area contributed by atoms with Crippen molar-refractivity contribution in [2.45, 2.75) is 0 Å². The third-order valence-electron chi connectivity index (χ3n) is 2.19. The molecule has 2 aromatic heterocycles. The molecule has 3 rings (SSSR count). The van der Waals surface area contributed by atoms with Gasteiger partial charge in [0.05, 0.1) is 10.9 Å². The monoisotopic (exact) mass is 211 g/mol. The van der Waals surface area contributed by atoms with Crippen LogP contribution in [0.15, 0.2) is 36.7 Å². The first kappa shape index (κ1) is 8.84. The number of benzene rings is 1. The van der Waals surface area contributed by atoms with Gasteiger partial charge >= 0.3 is 0 Å². The second-order valence-electron chi connectivity index (χ2n) is 3.23. The summed E-state index contributed by atoms with van der Waals surface area (Å²) < 4.78 is 1.49. The van der Waals surface area contributed by atoms with Crippen molar-refractivity contribution in [3.63, 3.8) is 0 Å². The van der Waals surface area contributed by atoms with Crippen LogP contribution in [0.4, 0.5) is 0 Å². The molecule has 0 atom stereocenters. The fourth-order valence-corrected chi connectivity index (χ4v) is 1.47. The van der Waals surface area contributed by atoms with E-state index >= 15 is 0 Å². The summed E-state index contributed by atoms with van der Waals surface area (Å²) in [6.07, 6.45) is 3.34. The molecular weight excluding hydrogens is 204 g/mol. The van der Waals surface area contributed by atoms with Crippen LogP contribution in [0, 0.1) is 6.07 Å². The Morgan fingerprint density at radius 2 is 2.19 bits per heavy atom. The summed E-state index contributed by atoms with van der Waals surface area (Å²) in [5.74, 6) is 0.255. The molecule has 0 saturated heterocycles. The van der Waals surface area contributed by atoms with Gasteiger partial charge in [0.1, 0.15) is 0 Å². The first-order chi connectivity index (χ1) is 7.84. The maximum Gasteiger partial charge on any atom is 0.254 e. The van der Waals surface area contributed by atoms with E-state index in [1.165, 1.54) is 4.68 Å². The fraction of sp³-hybridized carbons (Fsp3) is 0. The van der Waals surface area contributed by atoms with Gasteiger partial charge in [-0.15, -0.1) is 0 Å². The van der Waals surface area contributed by atoms with E-state index in [0.717, 1.165) is 0 Å². The minimum Gasteiger partial charge on any atom is -0.493 e. The predicted molar refractivity (Wildman–Crippen MR) is 57.2 cm³/mol. The van der Waals surface area contributed by atoms with Crippen molar-refractivity contribution < 1.29 is 5.11 Å². The Balaban J connectivity index is 2.29. The van der Waals surface area contributed by atoms with Crippen molar-refractivity contribution in [3.8, 4) is 11.8 Å². The number of aromatic nitrogens is 4. The maximum absolute atomic E-state index is 9.73. The van der Waals surface area contributed by atoms with Gasteiger partial charge in [0.25, 0.3) is 5.95 Å². The summed E-state index contributed by atoms with van der Waals surface area (Å²) in [6, 6.07) is 9.96. The van der Waals surface area contributed by atoms with Gasteiger partial charge in [-0.3, -0.25) is 0 Å². The molecule has 0 amide bonds. The highest BCUT2D eigenvalue weighted by atomic mass is 16.3. The number of fused-ring (bicyclic) bond motifs is 1. The third-order valence-corrected chi connectivity index (χ3v) is 2.19. The second-order valence-corrected chi connectivity index (χ2v) is 3.23. The van der Waals surface area contributed by atoms with E-state index in [1.54, 1.807) is 30.6 Å². The lowest BCUT2D eigenvalue weighted by Crippen LogP contribution is -2.01. The van der Waals surface area contributed by atoms with Gasteiger partial charge in [-0.25, -0.2) is 9.67 Å². The third kappa shape index (κ3) is 1.30. The molecule has 0 bridgehead atoms. The van der Waals surface area contributed by atoms with E-state index in [9.17, 15) is 5.11 Å². The molecule has 0 fully saturated rings. The summed E-state index contributed by atoms with van der Waals surface area (Å²) in [5, 5.41) is 14.2. The Labute approximate surface area is 91.0 Å². The molecule has 5 nitrogen and oxygen atoms in total. The van der Waals surface area contributed by atoms with Crippen LogP contribution in [-0.2, 0) is 0 Å². The number of hydrogen-bond acceptors (Lipinski definition) is 4. The second kappa shape index (κ2) is 3.30. The summed E-state index contributed by atoms with van der Waals surface area (Å²) in [5.41, 5.74) is 0.639. The molecule has 0 aliphatic heterocycles. The van der Waals surface area contributed by atoms with Gasteiger partial charge < -0.3 is 5.11 Å². The average Bonchev–Trinajstić information content (AvgIpc) is 2.82. The summed E-state index contributed by atoms with van der Waals surface area (Å²) in [7, 11) is 0. The van der Waals surface area contributed by atoms with Crippen molar-refractivity contribution in [2.75, 3.05) is 0 Å². The number of nitrogens with zero attached hydrogens (tertiary/aromatic N) is 4. The maximum atomic E-state index is 9.73. The summed E-state index contributed by atoms with van der Waals surface area (Å²) >= 11 is 0. The Hall–Kier alpha value is -2.43. The Kier molecular flexibility index (Phi) is 1.83. The van der Waals surface area contributed by atoms with Crippen LogP contribution < -0.4 is 0 Å². The molecule has 16 heavy (non-hydrogen) atoms. The molecule has 0 aliphatic rings. The van der Waals surface area contributed by atoms with Gasteiger partial charge in [0, 0.05) is 12.4 Å². The Bertz CT molecular complexity index is 634. The number of aromatic hydroxyl groups is 1. The fourth-order valence-electron chi connectivity index (χ4n) is 1.47. The summed E-state index contributed by atoms with van der Waals surface area (Å²) in [4.78, 5) is 8.23. The van der Waals surface area contributed by atoms with Crippen molar-refractivity contribution in [2.24, 2.45) is 0 Å². The molecule has 3 aromatic rings. The molecule has 0 unspecified atom stereocenters. The zero-order valence-corrected chi connectivity index (χ0v) is 8.20. The lowest BCUT2D eigenvalue weighted by molar-refractivity contribution is 0.457. The molecular formula is C11H7N4O. The van der Waals surface area contributed by atoms with Gasteiger partial charge in [0.15, 0.2) is 0 Å². The van der Waals surface area contributed by atoms with Gasteiger partial charge in [-0.1, -0.05) is 12.1 Å². The van der Waals surface area contributed by atoms with E-state index in [4.69, 9.17) is 0 Å². The first-order valence-electron chi connectivity index (χ1n) is 4.72. The zero-order chi connectivity index (χ0) is 11.0. The summed E-state index contributed by atoms with van der Waals surface area (Å²) in [6.45, 7) is 0. The molecule has 0 aliphatic carbocycles. The highest BCUT2D eigenvalue weighted by Gasteiger charge is 2.07. The largest absolute Gasteiger partial charge is 0.493 e. The van der Waals surface area contributed by atoms with Gasteiger partial charge in [0.2, 0.25) is 5.88 Å². The van der Waals surface area contributed by atoms with Crippen LogP contribution in [0.5, 0.6) is 5.88 Å². The minimum atomic E-state index is -0.0869. The van der Waals surface area contributed by atoms with Crippen LogP contribution in [0.25, 0.3) is 16.9 Å². The highest BCUT2D eigenvalue weighted by molar-refractivity contribution is 5.82. The lowest BCUT2D eigenvalue weighted by Gasteiger charge is -2.03. The highest BCUT2D eigenvalue weighted by Crippen LogP contribution is 2.20. The van der Waals surface area contributed by atoms with Crippen LogP contribution in [0.2, 0.25) is 0 Å². The Morgan fingerprint density at radius 1 is 1.25 bits per heavy atom. The molecule has 1 aromatic carbocycles. The lowest BCUT2D eigenvalue weighted by atomic mass is 10.2. The van der Waals surface area contributed by atoms with Crippen LogP contribution >= 0.6 is 0 Å².